The molecule has 0 aromatic heterocycles. The predicted octanol–water partition coefficient (Wildman–Crippen LogP) is 2.98. The summed E-state index contributed by atoms with van der Waals surface area (Å²) in [7, 11) is 0. The second-order valence-electron chi connectivity index (χ2n) is 5.83. The van der Waals surface area contributed by atoms with E-state index in [1.165, 1.54) is 0 Å². The van der Waals surface area contributed by atoms with Crippen LogP contribution in [0.25, 0.3) is 11.6 Å². The molecule has 0 saturated carbocycles. The molecule has 3 rings (SSSR count). The topological polar surface area (TPSA) is 75.7 Å². The van der Waals surface area contributed by atoms with Crippen LogP contribution in [0.15, 0.2) is 54.6 Å². The van der Waals surface area contributed by atoms with Crippen molar-refractivity contribution < 1.29 is 19.1 Å². The number of benzene rings is 2. The smallest absolute Gasteiger partial charge is 0.339 e. The van der Waals surface area contributed by atoms with Crippen LogP contribution in [0.4, 0.5) is 4.79 Å². The molecule has 1 N–H and O–H groups in total. The van der Waals surface area contributed by atoms with Gasteiger partial charge in [0.25, 0.3) is 5.91 Å². The Kier molecular flexibility index (Phi) is 5.88. The molecule has 1 aliphatic heterocycles. The highest BCUT2D eigenvalue weighted by Crippen LogP contribution is 2.22. The van der Waals surface area contributed by atoms with Crippen LogP contribution in [0, 0.1) is 0 Å². The lowest BCUT2D eigenvalue weighted by atomic mass is 10.0. The number of esters is 1. The fraction of sp³-hybridized carbons (Fsp3) is 0.150. The van der Waals surface area contributed by atoms with Crippen LogP contribution in [-0.4, -0.2) is 42.5 Å². The van der Waals surface area contributed by atoms with Gasteiger partial charge in [0.05, 0.1) is 5.57 Å². The molecule has 1 aliphatic rings. The quantitative estimate of drug-likeness (QED) is 0.488. The second-order valence-corrected chi connectivity index (χ2v) is 6.27. The zero-order valence-electron chi connectivity index (χ0n) is 14.4. The van der Waals surface area contributed by atoms with E-state index in [0.29, 0.717) is 17.1 Å². The maximum atomic E-state index is 12.6. The fourth-order valence-corrected chi connectivity index (χ4v) is 2.72. The Labute approximate surface area is 161 Å². The average Bonchev–Trinajstić information content (AvgIpc) is 3.11. The molecule has 0 unspecified atom stereocenters. The van der Waals surface area contributed by atoms with Crippen molar-refractivity contribution >= 4 is 41.2 Å². The van der Waals surface area contributed by atoms with Gasteiger partial charge in [0.2, 0.25) is 0 Å². The monoisotopic (exact) mass is 384 g/mol. The Bertz CT molecular complexity index is 879. The first-order chi connectivity index (χ1) is 13.0. The maximum Gasteiger partial charge on any atom is 0.339 e. The molecule has 0 spiro atoms. The van der Waals surface area contributed by atoms with Crippen molar-refractivity contribution in [2.75, 3.05) is 19.7 Å². The van der Waals surface area contributed by atoms with Gasteiger partial charge in [0.15, 0.2) is 6.61 Å². The van der Waals surface area contributed by atoms with Crippen LogP contribution in [-0.2, 0) is 14.3 Å². The lowest BCUT2D eigenvalue weighted by Crippen LogP contribution is -2.37. The molecule has 0 atom stereocenters. The van der Waals surface area contributed by atoms with Gasteiger partial charge in [-0.1, -0.05) is 54.1 Å². The third kappa shape index (κ3) is 4.74. The molecular weight excluding hydrogens is 368 g/mol. The van der Waals surface area contributed by atoms with Crippen molar-refractivity contribution in [2.24, 2.45) is 0 Å². The molecule has 138 valence electrons. The Morgan fingerprint density at radius 3 is 2.44 bits per heavy atom. The van der Waals surface area contributed by atoms with Crippen molar-refractivity contribution in [3.05, 3.63) is 70.7 Å². The summed E-state index contributed by atoms with van der Waals surface area (Å²) in [5.74, 6) is -1.22. The van der Waals surface area contributed by atoms with Gasteiger partial charge in [0.1, 0.15) is 0 Å². The third-order valence-electron chi connectivity index (χ3n) is 3.97. The molecule has 2 aromatic carbocycles. The summed E-state index contributed by atoms with van der Waals surface area (Å²) in [6.07, 6.45) is 1.68. The number of ether oxygens (including phenoxy) is 1. The molecule has 2 aromatic rings. The van der Waals surface area contributed by atoms with Crippen LogP contribution < -0.4 is 5.32 Å². The van der Waals surface area contributed by atoms with E-state index in [1.54, 1.807) is 30.3 Å². The summed E-state index contributed by atoms with van der Waals surface area (Å²) < 4.78 is 5.17. The van der Waals surface area contributed by atoms with Crippen LogP contribution in [0.2, 0.25) is 5.02 Å². The lowest BCUT2D eigenvalue weighted by molar-refractivity contribution is -0.145. The minimum atomic E-state index is -0.658. The van der Waals surface area contributed by atoms with E-state index in [0.717, 1.165) is 10.5 Å². The molecule has 0 aliphatic carbocycles. The highest BCUT2D eigenvalue weighted by Gasteiger charge is 2.27. The van der Waals surface area contributed by atoms with Crippen molar-refractivity contribution in [3.63, 3.8) is 0 Å². The first kappa shape index (κ1) is 18.7. The molecule has 0 radical (unpaired) electrons. The predicted molar refractivity (Wildman–Crippen MR) is 102 cm³/mol. The van der Waals surface area contributed by atoms with Crippen LogP contribution in [0.3, 0.4) is 0 Å². The van der Waals surface area contributed by atoms with Crippen LogP contribution in [0.5, 0.6) is 0 Å². The van der Waals surface area contributed by atoms with E-state index in [1.807, 2.05) is 30.3 Å². The Hall–Kier alpha value is -3.12. The number of hydrogen-bond acceptors (Lipinski definition) is 4. The van der Waals surface area contributed by atoms with Gasteiger partial charge in [-0.25, -0.2) is 9.59 Å². The van der Waals surface area contributed by atoms with Crippen molar-refractivity contribution in [3.8, 4) is 0 Å². The first-order valence-corrected chi connectivity index (χ1v) is 8.70. The van der Waals surface area contributed by atoms with Gasteiger partial charge >= 0.3 is 12.0 Å². The molecule has 27 heavy (non-hydrogen) atoms. The Morgan fingerprint density at radius 2 is 1.81 bits per heavy atom. The molecule has 7 heteroatoms. The summed E-state index contributed by atoms with van der Waals surface area (Å²) >= 11 is 5.92. The molecule has 6 nitrogen and oxygen atoms in total. The summed E-state index contributed by atoms with van der Waals surface area (Å²) in [6, 6.07) is 15.5. The van der Waals surface area contributed by atoms with Gasteiger partial charge < -0.3 is 10.1 Å². The van der Waals surface area contributed by atoms with E-state index in [9.17, 15) is 14.4 Å². The zero-order chi connectivity index (χ0) is 19.2. The highest BCUT2D eigenvalue weighted by atomic mass is 35.5. The minimum absolute atomic E-state index is 0.263. The number of nitrogens with one attached hydrogen (secondary N) is 1. The van der Waals surface area contributed by atoms with E-state index in [4.69, 9.17) is 16.3 Å². The molecule has 1 fully saturated rings. The number of urea groups is 1. The van der Waals surface area contributed by atoms with E-state index < -0.39 is 24.5 Å². The first-order valence-electron chi connectivity index (χ1n) is 8.32. The largest absolute Gasteiger partial charge is 0.452 e. The number of nitrogens with zero attached hydrogens (tertiary/aromatic N) is 1. The fourth-order valence-electron chi connectivity index (χ4n) is 2.60. The summed E-state index contributed by atoms with van der Waals surface area (Å²) in [5, 5.41) is 3.07. The zero-order valence-corrected chi connectivity index (χ0v) is 15.1. The number of carbonyl (C=O) groups excluding carboxylic acids is 3. The van der Waals surface area contributed by atoms with Crippen LogP contribution in [0.1, 0.15) is 11.1 Å². The summed E-state index contributed by atoms with van der Waals surface area (Å²) in [6.45, 7) is 0.146. The van der Waals surface area contributed by atoms with E-state index >= 15 is 0 Å². The van der Waals surface area contributed by atoms with E-state index in [2.05, 4.69) is 5.32 Å². The van der Waals surface area contributed by atoms with Crippen molar-refractivity contribution in [2.45, 2.75) is 0 Å². The second kappa shape index (κ2) is 8.51. The molecule has 1 heterocycles. The molecule has 1 saturated heterocycles. The summed E-state index contributed by atoms with van der Waals surface area (Å²) in [4.78, 5) is 37.3. The average molecular weight is 385 g/mol. The normalized spacial score (nSPS) is 14.0. The van der Waals surface area contributed by atoms with Gasteiger partial charge in [0, 0.05) is 18.1 Å². The molecule has 3 amide bonds. The van der Waals surface area contributed by atoms with Crippen LogP contribution >= 0.6 is 11.6 Å². The Morgan fingerprint density at radius 1 is 1.11 bits per heavy atom. The number of halogens is 1. The number of rotatable bonds is 5. The van der Waals surface area contributed by atoms with Crippen molar-refractivity contribution in [1.82, 2.24) is 10.2 Å². The van der Waals surface area contributed by atoms with Gasteiger partial charge in [-0.3, -0.25) is 9.69 Å². The SMILES string of the molecule is O=C(OCC(=O)N1CCNC1=O)/C(=C/c1ccccc1)c1ccc(Cl)cc1. The minimum Gasteiger partial charge on any atom is -0.452 e. The highest BCUT2D eigenvalue weighted by molar-refractivity contribution is 6.30. The molecule has 0 bridgehead atoms. The Balaban J connectivity index is 1.78. The van der Waals surface area contributed by atoms with Crippen molar-refractivity contribution in [1.29, 1.82) is 0 Å². The molecular formula is C20H17ClN2O4. The van der Waals surface area contributed by atoms with E-state index in [-0.39, 0.29) is 12.1 Å². The number of hydrogen-bond donors (Lipinski definition) is 1. The summed E-state index contributed by atoms with van der Waals surface area (Å²) in [5.41, 5.74) is 1.71. The van der Waals surface area contributed by atoms with Gasteiger partial charge in [-0.15, -0.1) is 0 Å². The lowest BCUT2D eigenvalue weighted by Gasteiger charge is -2.13. The number of carbonyl (C=O) groups is 3. The third-order valence-corrected chi connectivity index (χ3v) is 4.22. The standard InChI is InChI=1S/C20H17ClN2O4/c21-16-8-6-15(7-9-16)17(12-14-4-2-1-3-5-14)19(25)27-13-18(24)23-11-10-22-20(23)26/h1-9,12H,10-11,13H2,(H,22,26)/b17-12+. The van der Waals surface area contributed by atoms with Gasteiger partial charge in [-0.2, -0.15) is 0 Å². The van der Waals surface area contributed by atoms with Gasteiger partial charge in [-0.05, 0) is 29.3 Å². The maximum absolute atomic E-state index is 12.6. The number of imide groups is 1. The number of amides is 3.